The summed E-state index contributed by atoms with van der Waals surface area (Å²) in [6.45, 7) is 14.2. The molecule has 0 spiro atoms. The quantitative estimate of drug-likeness (QED) is 0.298. The van der Waals surface area contributed by atoms with E-state index in [4.69, 9.17) is 14.2 Å². The zero-order chi connectivity index (χ0) is 31.6. The van der Waals surface area contributed by atoms with Crippen molar-refractivity contribution in [1.82, 2.24) is 9.80 Å². The van der Waals surface area contributed by atoms with Gasteiger partial charge in [-0.3, -0.25) is 4.79 Å². The lowest BCUT2D eigenvalue weighted by atomic mass is 9.78. The Hall–Kier alpha value is -0.890. The third-order valence-electron chi connectivity index (χ3n) is 9.46. The van der Waals surface area contributed by atoms with Crippen molar-refractivity contribution in [3.05, 3.63) is 0 Å². The zero-order valence-corrected chi connectivity index (χ0v) is 27.0. The topological polar surface area (TPSA) is 152 Å². The lowest BCUT2D eigenvalue weighted by molar-refractivity contribution is -0.299. The molecule has 14 atom stereocenters. The van der Waals surface area contributed by atoms with Crippen molar-refractivity contribution in [2.75, 3.05) is 27.7 Å². The van der Waals surface area contributed by atoms with Gasteiger partial charge < -0.3 is 49.5 Å². The number of hydrogen-bond acceptors (Lipinski definition) is 11. The number of carbonyl (C=O) groups is 1. The standard InChI is InChI=1S/C30H58N2O9/c1-12-22-30(8,38)25(35)20(6)32(11)15-16(2)14-29(7,37)26(18(4)23(33)19(5)27(36)40-22)41-28-24(34)21(31(9)10)13-17(3)39-28/h16-26,28,33-35,37-38H,12-15H2,1-11H3/t16-,17-,18+,19-,20-,21-,22-,23+,24+,25-,26-,28+,29-,30-/m1/s1. The smallest absolute Gasteiger partial charge is 0.311 e. The highest BCUT2D eigenvalue weighted by Crippen LogP contribution is 2.36. The maximum atomic E-state index is 13.3. The van der Waals surface area contributed by atoms with Crippen molar-refractivity contribution < 1.29 is 44.5 Å². The lowest BCUT2D eigenvalue weighted by Crippen LogP contribution is -2.59. The van der Waals surface area contributed by atoms with Crippen LogP contribution in [0.5, 0.6) is 0 Å². The van der Waals surface area contributed by atoms with Gasteiger partial charge in [0.25, 0.3) is 0 Å². The van der Waals surface area contributed by atoms with Crippen LogP contribution in [0.2, 0.25) is 0 Å². The number of esters is 1. The summed E-state index contributed by atoms with van der Waals surface area (Å²) >= 11 is 0. The number of carbonyl (C=O) groups excluding carboxylic acids is 1. The zero-order valence-electron chi connectivity index (χ0n) is 27.0. The third kappa shape index (κ3) is 8.39. The molecule has 2 heterocycles. The summed E-state index contributed by atoms with van der Waals surface area (Å²) in [4.78, 5) is 17.1. The summed E-state index contributed by atoms with van der Waals surface area (Å²) in [6.07, 6.45) is -5.74. The molecule has 242 valence electrons. The van der Waals surface area contributed by atoms with Crippen LogP contribution in [-0.2, 0) is 19.0 Å². The lowest BCUT2D eigenvalue weighted by Gasteiger charge is -2.46. The molecule has 2 fully saturated rings. The summed E-state index contributed by atoms with van der Waals surface area (Å²) in [5, 5.41) is 57.0. The average Bonchev–Trinajstić information content (AvgIpc) is 2.87. The van der Waals surface area contributed by atoms with Crippen LogP contribution in [0.25, 0.3) is 0 Å². The second-order valence-corrected chi connectivity index (χ2v) is 13.6. The van der Waals surface area contributed by atoms with Crippen LogP contribution in [0.1, 0.15) is 74.7 Å². The molecular weight excluding hydrogens is 532 g/mol. The number of aliphatic hydroxyl groups is 5. The van der Waals surface area contributed by atoms with Crippen molar-refractivity contribution in [3.63, 3.8) is 0 Å². The van der Waals surface area contributed by atoms with Crippen molar-refractivity contribution in [2.24, 2.45) is 17.8 Å². The molecule has 0 aromatic rings. The number of likely N-dealkylation sites (N-methyl/N-ethyl adjacent to an activating group) is 2. The highest BCUT2D eigenvalue weighted by molar-refractivity contribution is 5.73. The Morgan fingerprint density at radius 2 is 1.63 bits per heavy atom. The summed E-state index contributed by atoms with van der Waals surface area (Å²) in [5.41, 5.74) is -3.25. The normalized spacial score (nSPS) is 48.4. The highest BCUT2D eigenvalue weighted by atomic mass is 16.7. The Bertz CT molecular complexity index is 841. The molecule has 0 unspecified atom stereocenters. The van der Waals surface area contributed by atoms with Crippen LogP contribution in [-0.4, -0.2) is 135 Å². The number of nitrogens with zero attached hydrogens (tertiary/aromatic N) is 2. The molecule has 2 saturated heterocycles. The number of ether oxygens (including phenoxy) is 3. The van der Waals surface area contributed by atoms with Crippen LogP contribution in [0.15, 0.2) is 0 Å². The molecular formula is C30H58N2O9. The van der Waals surface area contributed by atoms with Gasteiger partial charge in [-0.1, -0.05) is 20.8 Å². The van der Waals surface area contributed by atoms with Crippen LogP contribution < -0.4 is 0 Å². The molecule has 0 amide bonds. The third-order valence-corrected chi connectivity index (χ3v) is 9.46. The summed E-state index contributed by atoms with van der Waals surface area (Å²) in [5.74, 6) is -2.65. The van der Waals surface area contributed by atoms with E-state index >= 15 is 0 Å². The number of rotatable bonds is 4. The van der Waals surface area contributed by atoms with Crippen molar-refractivity contribution >= 4 is 5.97 Å². The molecule has 0 bridgehead atoms. The molecule has 0 radical (unpaired) electrons. The Balaban J connectivity index is 2.52. The summed E-state index contributed by atoms with van der Waals surface area (Å²) in [7, 11) is 5.58. The van der Waals surface area contributed by atoms with E-state index in [1.807, 2.05) is 44.8 Å². The highest BCUT2D eigenvalue weighted by Gasteiger charge is 2.49. The first kappa shape index (κ1) is 36.3. The second-order valence-electron chi connectivity index (χ2n) is 13.6. The predicted octanol–water partition coefficient (Wildman–Crippen LogP) is 0.976. The Morgan fingerprint density at radius 3 is 2.17 bits per heavy atom. The van der Waals surface area contributed by atoms with E-state index in [1.165, 1.54) is 13.8 Å². The van der Waals surface area contributed by atoms with E-state index in [1.54, 1.807) is 27.7 Å². The average molecular weight is 591 g/mol. The van der Waals surface area contributed by atoms with E-state index in [0.29, 0.717) is 13.0 Å². The molecule has 0 aromatic heterocycles. The predicted molar refractivity (Wildman–Crippen MR) is 155 cm³/mol. The van der Waals surface area contributed by atoms with E-state index in [0.717, 1.165) is 0 Å². The largest absolute Gasteiger partial charge is 0.459 e. The molecule has 2 rings (SSSR count). The van der Waals surface area contributed by atoms with Gasteiger partial charge in [0, 0.05) is 24.5 Å². The Labute approximate surface area is 246 Å². The van der Waals surface area contributed by atoms with Gasteiger partial charge in [-0.05, 0) is 80.9 Å². The van der Waals surface area contributed by atoms with E-state index in [-0.39, 0.29) is 30.9 Å². The van der Waals surface area contributed by atoms with Gasteiger partial charge in [-0.15, -0.1) is 0 Å². The van der Waals surface area contributed by atoms with E-state index in [9.17, 15) is 30.3 Å². The molecule has 11 heteroatoms. The minimum Gasteiger partial charge on any atom is -0.459 e. The number of cyclic esters (lactones) is 1. The van der Waals surface area contributed by atoms with E-state index in [2.05, 4.69) is 0 Å². The minimum absolute atomic E-state index is 0.0990. The first-order chi connectivity index (χ1) is 18.8. The van der Waals surface area contributed by atoms with Crippen LogP contribution >= 0.6 is 0 Å². The van der Waals surface area contributed by atoms with Crippen molar-refractivity contribution in [3.8, 4) is 0 Å². The maximum Gasteiger partial charge on any atom is 0.311 e. The fraction of sp³-hybridized carbons (Fsp3) is 0.967. The van der Waals surface area contributed by atoms with Gasteiger partial charge in [0.15, 0.2) is 6.29 Å². The van der Waals surface area contributed by atoms with Crippen molar-refractivity contribution in [2.45, 2.75) is 141 Å². The molecule has 2 aliphatic heterocycles. The van der Waals surface area contributed by atoms with Gasteiger partial charge in [0.2, 0.25) is 0 Å². The van der Waals surface area contributed by atoms with Gasteiger partial charge in [0.1, 0.15) is 23.9 Å². The second kappa shape index (κ2) is 14.3. The van der Waals surface area contributed by atoms with Gasteiger partial charge in [-0.25, -0.2) is 0 Å². The molecule has 2 aliphatic rings. The number of hydrogen-bond donors (Lipinski definition) is 5. The van der Waals surface area contributed by atoms with Crippen LogP contribution in [0, 0.1) is 17.8 Å². The minimum atomic E-state index is -1.75. The SMILES string of the molecule is CC[C@H]1OC(=O)[C@H](C)[C@@H](O)[C@H](C)[C@@H](O[C@@H]2O[C@H](C)C[C@@H](N(C)C)[C@@H]2O)[C@](C)(O)C[C@@H](C)CN(C)[C@H](C)[C@@H](O)[C@]1(C)O. The van der Waals surface area contributed by atoms with Crippen molar-refractivity contribution in [1.29, 1.82) is 0 Å². The van der Waals surface area contributed by atoms with E-state index < -0.39 is 71.9 Å². The fourth-order valence-corrected chi connectivity index (χ4v) is 6.74. The van der Waals surface area contributed by atoms with Crippen LogP contribution in [0.4, 0.5) is 0 Å². The Kier molecular flexibility index (Phi) is 12.6. The molecule has 41 heavy (non-hydrogen) atoms. The van der Waals surface area contributed by atoms with Crippen LogP contribution in [0.3, 0.4) is 0 Å². The summed E-state index contributed by atoms with van der Waals surface area (Å²) in [6, 6.07) is -0.733. The molecule has 0 aromatic carbocycles. The molecule has 0 saturated carbocycles. The number of aliphatic hydroxyl groups excluding tert-OH is 3. The van der Waals surface area contributed by atoms with Gasteiger partial charge in [0.05, 0.1) is 29.8 Å². The Morgan fingerprint density at radius 1 is 1.05 bits per heavy atom. The maximum absolute atomic E-state index is 13.3. The monoisotopic (exact) mass is 590 g/mol. The molecule has 5 N–H and O–H groups in total. The van der Waals surface area contributed by atoms with Gasteiger partial charge in [-0.2, -0.15) is 0 Å². The first-order valence-corrected chi connectivity index (χ1v) is 15.1. The fourth-order valence-electron chi connectivity index (χ4n) is 6.74. The molecule has 0 aliphatic carbocycles. The summed E-state index contributed by atoms with van der Waals surface area (Å²) < 4.78 is 18.1. The molecule has 11 nitrogen and oxygen atoms in total. The first-order valence-electron chi connectivity index (χ1n) is 15.1. The van der Waals surface area contributed by atoms with Gasteiger partial charge >= 0.3 is 5.97 Å².